The van der Waals surface area contributed by atoms with Crippen molar-refractivity contribution in [3.63, 3.8) is 0 Å². The molecule has 10 heteroatoms. The molecule has 0 unspecified atom stereocenters. The van der Waals surface area contributed by atoms with Crippen LogP contribution in [0.3, 0.4) is 0 Å². The molecule has 0 saturated heterocycles. The highest BCUT2D eigenvalue weighted by molar-refractivity contribution is 6.54. The van der Waals surface area contributed by atoms with Crippen molar-refractivity contribution in [3.8, 4) is 0 Å². The first-order chi connectivity index (χ1) is 12.8. The Morgan fingerprint density at radius 3 is 2.63 bits per heavy atom. The lowest BCUT2D eigenvalue weighted by molar-refractivity contribution is -0.384. The van der Waals surface area contributed by atoms with Crippen LogP contribution < -0.4 is 4.90 Å². The van der Waals surface area contributed by atoms with Gasteiger partial charge in [0.15, 0.2) is 5.71 Å². The number of rotatable bonds is 4. The maximum Gasteiger partial charge on any atom is 0.332 e. The molecule has 1 aliphatic heterocycles. The van der Waals surface area contributed by atoms with Crippen molar-refractivity contribution in [2.45, 2.75) is 13.5 Å². The number of anilines is 1. The first-order valence-corrected chi connectivity index (χ1v) is 8.33. The smallest absolute Gasteiger partial charge is 0.318 e. The van der Waals surface area contributed by atoms with Crippen molar-refractivity contribution >= 4 is 52.2 Å². The van der Waals surface area contributed by atoms with E-state index in [1.165, 1.54) is 23.1 Å². The van der Waals surface area contributed by atoms with Crippen molar-refractivity contribution in [2.75, 3.05) is 4.90 Å². The van der Waals surface area contributed by atoms with Crippen LogP contribution in [0.25, 0.3) is 0 Å². The summed E-state index contributed by atoms with van der Waals surface area (Å²) in [6, 6.07) is 8.77. The lowest BCUT2D eigenvalue weighted by atomic mass is 10.1. The minimum atomic E-state index is -0.721. The van der Waals surface area contributed by atoms with Gasteiger partial charge in [0.25, 0.3) is 11.6 Å². The number of carbonyl (C=O) groups is 2. The number of carbonyl (C=O) groups excluding carboxylic acids is 2. The molecule has 0 N–H and O–H groups in total. The topological polar surface area (TPSA) is 102 Å². The van der Waals surface area contributed by atoms with Gasteiger partial charge in [0, 0.05) is 34.7 Å². The highest BCUT2D eigenvalue weighted by Gasteiger charge is 2.36. The maximum absolute atomic E-state index is 12.8. The highest BCUT2D eigenvalue weighted by Crippen LogP contribution is 2.35. The van der Waals surface area contributed by atoms with Gasteiger partial charge < -0.3 is 9.74 Å². The quantitative estimate of drug-likeness (QED) is 0.436. The summed E-state index contributed by atoms with van der Waals surface area (Å²) in [5, 5.41) is 15.4. The molecule has 0 atom stereocenters. The molecule has 2 aromatic carbocycles. The molecule has 138 valence electrons. The summed E-state index contributed by atoms with van der Waals surface area (Å²) in [5.41, 5.74) is 0.785. The zero-order chi connectivity index (χ0) is 19.7. The third-order valence-corrected chi connectivity index (χ3v) is 4.38. The molecule has 0 bridgehead atoms. The largest absolute Gasteiger partial charge is 0.332 e. The Morgan fingerprint density at radius 2 is 2.00 bits per heavy atom. The summed E-state index contributed by atoms with van der Waals surface area (Å²) in [4.78, 5) is 40.2. The monoisotopic (exact) mass is 407 g/mol. The molecule has 0 spiro atoms. The molecule has 2 aromatic rings. The van der Waals surface area contributed by atoms with Gasteiger partial charge in [0.05, 0.1) is 17.2 Å². The molecule has 1 aliphatic rings. The summed E-state index contributed by atoms with van der Waals surface area (Å²) in [7, 11) is 0. The van der Waals surface area contributed by atoms with Crippen molar-refractivity contribution in [2.24, 2.45) is 5.16 Å². The molecule has 0 aromatic heterocycles. The van der Waals surface area contributed by atoms with Crippen LogP contribution in [0.4, 0.5) is 11.4 Å². The van der Waals surface area contributed by atoms with E-state index in [9.17, 15) is 19.7 Å². The molecule has 0 saturated carbocycles. The van der Waals surface area contributed by atoms with E-state index in [0.717, 1.165) is 6.92 Å². The number of hydrogen-bond acceptors (Lipinski definition) is 6. The Kier molecular flexibility index (Phi) is 5.11. The van der Waals surface area contributed by atoms with Gasteiger partial charge in [-0.25, -0.2) is 4.79 Å². The first kappa shape index (κ1) is 18.8. The second kappa shape index (κ2) is 7.34. The summed E-state index contributed by atoms with van der Waals surface area (Å²) >= 11 is 12.1. The van der Waals surface area contributed by atoms with Crippen molar-refractivity contribution in [1.29, 1.82) is 0 Å². The van der Waals surface area contributed by atoms with E-state index < -0.39 is 16.8 Å². The van der Waals surface area contributed by atoms with Crippen LogP contribution in [0.5, 0.6) is 0 Å². The number of non-ortho nitro benzene ring substituents is 1. The van der Waals surface area contributed by atoms with Gasteiger partial charge in [-0.15, -0.1) is 0 Å². The second-order valence-electron chi connectivity index (χ2n) is 5.61. The standard InChI is InChI=1S/C17H11Cl2N3O5/c1-9(23)27-20-16-13-7-12(22(25)26)4-5-15(13)21(17(16)24)8-10-2-3-11(18)6-14(10)19/h2-7H,8H2,1H3. The molecular weight excluding hydrogens is 397 g/mol. The summed E-state index contributed by atoms with van der Waals surface area (Å²) in [6.45, 7) is 1.21. The Morgan fingerprint density at radius 1 is 1.26 bits per heavy atom. The van der Waals surface area contributed by atoms with Crippen LogP contribution in [-0.4, -0.2) is 22.5 Å². The number of halogens is 2. The van der Waals surface area contributed by atoms with Gasteiger partial charge in [0.2, 0.25) is 0 Å². The predicted octanol–water partition coefficient (Wildman–Crippen LogP) is 3.72. The fourth-order valence-electron chi connectivity index (χ4n) is 2.59. The third-order valence-electron chi connectivity index (χ3n) is 3.79. The summed E-state index contributed by atoms with van der Waals surface area (Å²) < 4.78 is 0. The van der Waals surface area contributed by atoms with Gasteiger partial charge in [-0.3, -0.25) is 14.9 Å². The maximum atomic E-state index is 12.8. The van der Waals surface area contributed by atoms with Gasteiger partial charge in [-0.2, -0.15) is 0 Å². The number of nitrogens with zero attached hydrogens (tertiary/aromatic N) is 3. The van der Waals surface area contributed by atoms with Gasteiger partial charge in [0.1, 0.15) is 0 Å². The number of nitro groups is 1. The molecule has 0 fully saturated rings. The molecule has 1 heterocycles. The zero-order valence-electron chi connectivity index (χ0n) is 13.8. The number of fused-ring (bicyclic) bond motifs is 1. The van der Waals surface area contributed by atoms with Crippen LogP contribution >= 0.6 is 23.2 Å². The number of nitro benzene ring substituents is 1. The Bertz CT molecular complexity index is 1010. The second-order valence-corrected chi connectivity index (χ2v) is 6.45. The molecule has 1 amide bonds. The van der Waals surface area contributed by atoms with Crippen LogP contribution in [0.15, 0.2) is 41.6 Å². The van der Waals surface area contributed by atoms with Gasteiger partial charge in [-0.1, -0.05) is 34.4 Å². The van der Waals surface area contributed by atoms with Crippen LogP contribution in [0, 0.1) is 10.1 Å². The molecule has 3 rings (SSSR count). The first-order valence-electron chi connectivity index (χ1n) is 7.58. The summed E-state index contributed by atoms with van der Waals surface area (Å²) in [6.07, 6.45) is 0. The average molecular weight is 408 g/mol. The van der Waals surface area contributed by atoms with E-state index in [4.69, 9.17) is 23.2 Å². The molecule has 0 aliphatic carbocycles. The van der Waals surface area contributed by atoms with E-state index >= 15 is 0 Å². The predicted molar refractivity (Wildman–Crippen MR) is 99.1 cm³/mol. The Balaban J connectivity index is 2.06. The van der Waals surface area contributed by atoms with Gasteiger partial charge >= 0.3 is 5.97 Å². The average Bonchev–Trinajstić information content (AvgIpc) is 2.86. The lowest BCUT2D eigenvalue weighted by Gasteiger charge is -2.17. The number of amides is 1. The van der Waals surface area contributed by atoms with E-state index in [0.29, 0.717) is 21.3 Å². The van der Waals surface area contributed by atoms with E-state index in [1.54, 1.807) is 18.2 Å². The number of oxime groups is 1. The zero-order valence-corrected chi connectivity index (χ0v) is 15.3. The lowest BCUT2D eigenvalue weighted by Crippen LogP contribution is -2.29. The van der Waals surface area contributed by atoms with E-state index in [1.807, 2.05) is 0 Å². The fourth-order valence-corrected chi connectivity index (χ4v) is 3.06. The van der Waals surface area contributed by atoms with E-state index in [-0.39, 0.29) is 23.5 Å². The minimum Gasteiger partial charge on any atom is -0.318 e. The highest BCUT2D eigenvalue weighted by atomic mass is 35.5. The SMILES string of the molecule is CC(=O)ON=C1C(=O)N(Cc2ccc(Cl)cc2Cl)c2ccc([N+](=O)[O-])cc21. The fraction of sp³-hybridized carbons (Fsp3) is 0.118. The van der Waals surface area contributed by atoms with Crippen LogP contribution in [-0.2, 0) is 21.0 Å². The van der Waals surface area contributed by atoms with Gasteiger partial charge in [-0.05, 0) is 23.8 Å². The van der Waals surface area contributed by atoms with Crippen LogP contribution in [0.1, 0.15) is 18.1 Å². The number of benzene rings is 2. The third kappa shape index (κ3) is 3.76. The van der Waals surface area contributed by atoms with Crippen molar-refractivity contribution < 1.29 is 19.3 Å². The van der Waals surface area contributed by atoms with Crippen molar-refractivity contribution in [3.05, 3.63) is 67.7 Å². The van der Waals surface area contributed by atoms with E-state index in [2.05, 4.69) is 9.99 Å². The molecule has 27 heavy (non-hydrogen) atoms. The summed E-state index contributed by atoms with van der Waals surface area (Å²) in [5.74, 6) is -1.29. The normalized spacial score (nSPS) is 14.4. The minimum absolute atomic E-state index is 0.0821. The van der Waals surface area contributed by atoms with Crippen molar-refractivity contribution in [1.82, 2.24) is 0 Å². The molecular formula is C17H11Cl2N3O5. The Hall–Kier alpha value is -2.97. The molecule has 8 nitrogen and oxygen atoms in total. The number of hydrogen-bond donors (Lipinski definition) is 0. The van der Waals surface area contributed by atoms with Crippen LogP contribution in [0.2, 0.25) is 10.0 Å². The Labute approximate surface area is 163 Å². The molecule has 0 radical (unpaired) electrons.